The van der Waals surface area contributed by atoms with Crippen molar-refractivity contribution in [2.75, 3.05) is 0 Å². The molecular formula is C40H35NO2. The van der Waals surface area contributed by atoms with Crippen molar-refractivity contribution in [2.45, 2.75) is 38.5 Å². The van der Waals surface area contributed by atoms with E-state index in [0.717, 1.165) is 27.8 Å². The molecule has 0 N–H and O–H groups in total. The summed E-state index contributed by atoms with van der Waals surface area (Å²) >= 11 is 0. The molecule has 0 aliphatic rings. The Morgan fingerprint density at radius 2 is 1.02 bits per heavy atom. The Morgan fingerprint density at radius 1 is 0.581 bits per heavy atom. The Kier molecular flexibility index (Phi) is 8.41. The van der Waals surface area contributed by atoms with Gasteiger partial charge in [-0.1, -0.05) is 161 Å². The molecule has 3 heteroatoms. The fourth-order valence-electron chi connectivity index (χ4n) is 5.55. The number of nitriles is 1. The van der Waals surface area contributed by atoms with Gasteiger partial charge in [-0.25, -0.2) is 4.79 Å². The summed E-state index contributed by atoms with van der Waals surface area (Å²) in [6, 6.07) is 47.8. The van der Waals surface area contributed by atoms with Crippen molar-refractivity contribution in [3.8, 4) is 11.8 Å². The van der Waals surface area contributed by atoms with Gasteiger partial charge in [0.1, 0.15) is 17.4 Å². The van der Waals surface area contributed by atoms with E-state index in [0.29, 0.717) is 11.3 Å². The van der Waals surface area contributed by atoms with Crippen LogP contribution in [0, 0.1) is 11.3 Å². The van der Waals surface area contributed by atoms with Crippen molar-refractivity contribution in [2.24, 2.45) is 0 Å². The lowest BCUT2D eigenvalue weighted by atomic mass is 9.73. The Bertz CT molecular complexity index is 1740. The van der Waals surface area contributed by atoms with Crippen LogP contribution >= 0.6 is 0 Å². The first-order valence-electron chi connectivity index (χ1n) is 14.5. The predicted molar refractivity (Wildman–Crippen MR) is 174 cm³/mol. The van der Waals surface area contributed by atoms with E-state index < -0.39 is 11.4 Å². The summed E-state index contributed by atoms with van der Waals surface area (Å²) in [6.07, 6.45) is 0. The standard InChI is InChI=1S/C40H35NO2/c1-39(2,31-21-13-7-14-22-31)33-25-26-36(35(27-33)40(3,4)32-23-15-8-16-24-32)43-38(42)34(28-41)37(29-17-9-5-10-18-29)30-19-11-6-12-20-30/h5-27H,1-4H3. The molecule has 3 nitrogen and oxygen atoms in total. The highest BCUT2D eigenvalue weighted by Gasteiger charge is 2.32. The van der Waals surface area contributed by atoms with Crippen LogP contribution in [0.2, 0.25) is 0 Å². The Hall–Kier alpha value is -5.20. The molecule has 0 radical (unpaired) electrons. The third kappa shape index (κ3) is 6.05. The Labute approximate surface area is 254 Å². The fraction of sp³-hybridized carbons (Fsp3) is 0.150. The number of benzene rings is 5. The van der Waals surface area contributed by atoms with E-state index in [4.69, 9.17) is 4.74 Å². The highest BCUT2D eigenvalue weighted by Crippen LogP contribution is 2.42. The van der Waals surface area contributed by atoms with Gasteiger partial charge in [0.05, 0.1) is 0 Å². The highest BCUT2D eigenvalue weighted by molar-refractivity contribution is 6.06. The van der Waals surface area contributed by atoms with Gasteiger partial charge in [0.15, 0.2) is 0 Å². The van der Waals surface area contributed by atoms with Crippen LogP contribution in [-0.2, 0) is 15.6 Å². The monoisotopic (exact) mass is 561 g/mol. The molecule has 0 heterocycles. The first-order valence-corrected chi connectivity index (χ1v) is 14.5. The third-order valence-electron chi connectivity index (χ3n) is 8.26. The normalized spacial score (nSPS) is 11.3. The number of hydrogen-bond acceptors (Lipinski definition) is 3. The minimum absolute atomic E-state index is 0.0467. The molecule has 0 unspecified atom stereocenters. The van der Waals surface area contributed by atoms with E-state index in [1.807, 2.05) is 97.1 Å². The van der Waals surface area contributed by atoms with Gasteiger partial charge >= 0.3 is 5.97 Å². The number of carbonyl (C=O) groups excluding carboxylic acids is 1. The molecular weight excluding hydrogens is 526 g/mol. The maximum Gasteiger partial charge on any atom is 0.354 e. The van der Waals surface area contributed by atoms with Gasteiger partial charge in [0.25, 0.3) is 0 Å². The maximum absolute atomic E-state index is 13.9. The van der Waals surface area contributed by atoms with Crippen LogP contribution in [-0.4, -0.2) is 5.97 Å². The minimum atomic E-state index is -0.689. The topological polar surface area (TPSA) is 50.1 Å². The average Bonchev–Trinajstić information content (AvgIpc) is 3.05. The van der Waals surface area contributed by atoms with Gasteiger partial charge in [-0.05, 0) is 33.9 Å². The summed E-state index contributed by atoms with van der Waals surface area (Å²) in [4.78, 5) is 13.9. The minimum Gasteiger partial charge on any atom is -0.422 e. The van der Waals surface area contributed by atoms with Crippen molar-refractivity contribution in [1.29, 1.82) is 5.26 Å². The van der Waals surface area contributed by atoms with Crippen LogP contribution in [0.1, 0.15) is 61.1 Å². The molecule has 0 aliphatic heterocycles. The number of ether oxygens (including phenoxy) is 1. The summed E-state index contributed by atoms with van der Waals surface area (Å²) in [7, 11) is 0. The molecule has 0 fully saturated rings. The first kappa shape index (κ1) is 29.3. The lowest BCUT2D eigenvalue weighted by molar-refractivity contribution is -0.129. The zero-order valence-corrected chi connectivity index (χ0v) is 25.0. The molecule has 0 aromatic heterocycles. The molecule has 0 bridgehead atoms. The zero-order valence-electron chi connectivity index (χ0n) is 25.0. The number of rotatable bonds is 8. The molecule has 0 amide bonds. The van der Waals surface area contributed by atoms with Crippen molar-refractivity contribution >= 4 is 11.5 Å². The van der Waals surface area contributed by atoms with E-state index in [9.17, 15) is 10.1 Å². The van der Waals surface area contributed by atoms with Gasteiger partial charge in [0, 0.05) is 22.0 Å². The largest absolute Gasteiger partial charge is 0.422 e. The number of hydrogen-bond donors (Lipinski definition) is 0. The number of nitrogens with zero attached hydrogens (tertiary/aromatic N) is 1. The maximum atomic E-state index is 13.9. The summed E-state index contributed by atoms with van der Waals surface area (Å²) in [5.74, 6) is -0.259. The van der Waals surface area contributed by atoms with E-state index in [1.165, 1.54) is 5.56 Å². The average molecular weight is 562 g/mol. The smallest absolute Gasteiger partial charge is 0.354 e. The van der Waals surface area contributed by atoms with Gasteiger partial charge in [-0.2, -0.15) is 5.26 Å². The molecule has 43 heavy (non-hydrogen) atoms. The van der Waals surface area contributed by atoms with E-state index >= 15 is 0 Å². The van der Waals surface area contributed by atoms with Crippen LogP contribution in [0.5, 0.6) is 5.75 Å². The van der Waals surface area contributed by atoms with E-state index in [-0.39, 0.29) is 11.0 Å². The Morgan fingerprint density at radius 3 is 1.49 bits per heavy atom. The van der Waals surface area contributed by atoms with E-state index in [2.05, 4.69) is 76.2 Å². The third-order valence-corrected chi connectivity index (χ3v) is 8.26. The molecule has 5 aromatic rings. The number of carbonyl (C=O) groups is 1. The summed E-state index contributed by atoms with van der Waals surface area (Å²) in [5, 5.41) is 10.3. The van der Waals surface area contributed by atoms with Crippen molar-refractivity contribution in [1.82, 2.24) is 0 Å². The van der Waals surface area contributed by atoms with Gasteiger partial charge in [0.2, 0.25) is 0 Å². The number of esters is 1. The van der Waals surface area contributed by atoms with Crippen LogP contribution in [0.25, 0.3) is 5.57 Å². The lowest BCUT2D eigenvalue weighted by Crippen LogP contribution is -2.25. The van der Waals surface area contributed by atoms with Crippen molar-refractivity contribution < 1.29 is 9.53 Å². The SMILES string of the molecule is CC(C)(c1ccccc1)c1ccc(OC(=O)C(C#N)=C(c2ccccc2)c2ccccc2)c(C(C)(C)c2ccccc2)c1. The molecule has 5 aromatic carbocycles. The first-order chi connectivity index (χ1) is 20.7. The fourth-order valence-corrected chi connectivity index (χ4v) is 5.55. The molecule has 212 valence electrons. The summed E-state index contributed by atoms with van der Waals surface area (Å²) in [6.45, 7) is 8.67. The summed E-state index contributed by atoms with van der Waals surface area (Å²) < 4.78 is 6.18. The molecule has 0 aliphatic carbocycles. The molecule has 5 rings (SSSR count). The van der Waals surface area contributed by atoms with Crippen molar-refractivity contribution in [3.63, 3.8) is 0 Å². The molecule has 0 saturated carbocycles. The summed E-state index contributed by atoms with van der Waals surface area (Å²) in [5.41, 5.74) is 5.48. The van der Waals surface area contributed by atoms with Crippen LogP contribution < -0.4 is 4.74 Å². The van der Waals surface area contributed by atoms with Crippen LogP contribution in [0.3, 0.4) is 0 Å². The highest BCUT2D eigenvalue weighted by atomic mass is 16.5. The van der Waals surface area contributed by atoms with Gasteiger partial charge in [-0.15, -0.1) is 0 Å². The zero-order chi connectivity index (χ0) is 30.5. The van der Waals surface area contributed by atoms with Crippen molar-refractivity contribution in [3.05, 3.63) is 178 Å². The van der Waals surface area contributed by atoms with Gasteiger partial charge in [-0.3, -0.25) is 0 Å². The molecule has 0 saturated heterocycles. The lowest BCUT2D eigenvalue weighted by Gasteiger charge is -2.32. The van der Waals surface area contributed by atoms with E-state index in [1.54, 1.807) is 0 Å². The van der Waals surface area contributed by atoms with Crippen LogP contribution in [0.4, 0.5) is 0 Å². The second-order valence-corrected chi connectivity index (χ2v) is 11.7. The van der Waals surface area contributed by atoms with Gasteiger partial charge < -0.3 is 4.74 Å². The van der Waals surface area contributed by atoms with Crippen LogP contribution in [0.15, 0.2) is 145 Å². The molecule has 0 spiro atoms. The molecule has 0 atom stereocenters. The Balaban J connectivity index is 1.65. The predicted octanol–water partition coefficient (Wildman–Crippen LogP) is 9.27. The quantitative estimate of drug-likeness (QED) is 0.0821. The second-order valence-electron chi connectivity index (χ2n) is 11.7. The second kappa shape index (κ2) is 12.3.